The van der Waals surface area contributed by atoms with Gasteiger partial charge in [0.15, 0.2) is 0 Å². The fraction of sp³-hybridized carbons (Fsp3) is 0.238. The zero-order chi connectivity index (χ0) is 19.5. The third-order valence-electron chi connectivity index (χ3n) is 5.02. The van der Waals surface area contributed by atoms with E-state index in [2.05, 4.69) is 14.9 Å². The molecule has 1 aromatic heterocycles. The van der Waals surface area contributed by atoms with Gasteiger partial charge < -0.3 is 14.9 Å². The molecule has 1 saturated heterocycles. The second-order valence-electron chi connectivity index (χ2n) is 6.71. The summed E-state index contributed by atoms with van der Waals surface area (Å²) in [4.78, 5) is 12.6. The van der Waals surface area contributed by atoms with Gasteiger partial charge >= 0.3 is 0 Å². The third-order valence-corrected chi connectivity index (χ3v) is 5.02. The topological polar surface area (TPSA) is 52.5 Å². The molecule has 7 heteroatoms. The van der Waals surface area contributed by atoms with Gasteiger partial charge in [-0.1, -0.05) is 24.3 Å². The summed E-state index contributed by atoms with van der Waals surface area (Å²) >= 11 is 0. The maximum Gasteiger partial charge on any atom is 0.149 e. The highest BCUT2D eigenvalue weighted by atomic mass is 19.1. The predicted octanol–water partition coefficient (Wildman–Crippen LogP) is 3.32. The maximum atomic E-state index is 14.3. The van der Waals surface area contributed by atoms with Gasteiger partial charge in [0.05, 0.1) is 24.5 Å². The summed E-state index contributed by atoms with van der Waals surface area (Å²) in [6.45, 7) is 1.68. The van der Waals surface area contributed by atoms with Gasteiger partial charge in [-0.25, -0.2) is 13.8 Å². The van der Waals surface area contributed by atoms with Gasteiger partial charge in [-0.15, -0.1) is 0 Å². The van der Waals surface area contributed by atoms with Crippen LogP contribution in [0.2, 0.25) is 0 Å². The molecule has 4 rings (SSSR count). The van der Waals surface area contributed by atoms with E-state index in [1.165, 1.54) is 12.1 Å². The first-order valence-corrected chi connectivity index (χ1v) is 9.08. The lowest BCUT2D eigenvalue weighted by molar-refractivity contribution is 0.282. The number of nitrogens with zero attached hydrogens (tertiary/aromatic N) is 4. The van der Waals surface area contributed by atoms with Crippen LogP contribution in [0.5, 0.6) is 0 Å². The van der Waals surface area contributed by atoms with Gasteiger partial charge in [0.1, 0.15) is 17.5 Å². The van der Waals surface area contributed by atoms with E-state index < -0.39 is 11.6 Å². The molecule has 1 aliphatic heterocycles. The minimum atomic E-state index is -0.587. The Morgan fingerprint density at radius 3 is 2.54 bits per heavy atom. The summed E-state index contributed by atoms with van der Waals surface area (Å²) in [7, 11) is 0. The van der Waals surface area contributed by atoms with Crippen LogP contribution in [0.25, 0.3) is 0 Å². The Bertz CT molecular complexity index is 937. The molecule has 0 amide bonds. The first-order chi connectivity index (χ1) is 13.7. The molecule has 1 atom stereocenters. The van der Waals surface area contributed by atoms with Crippen LogP contribution < -0.4 is 9.80 Å². The number of hydrogen-bond acceptors (Lipinski definition) is 5. The normalized spacial score (nSPS) is 17.0. The Balaban J connectivity index is 1.68. The number of anilines is 2. The van der Waals surface area contributed by atoms with E-state index in [4.69, 9.17) is 0 Å². The monoisotopic (exact) mass is 382 g/mol. The quantitative estimate of drug-likeness (QED) is 0.750. The molecular formula is C21H20F2N4O. The third kappa shape index (κ3) is 3.66. The van der Waals surface area contributed by atoms with Gasteiger partial charge in [-0.2, -0.15) is 0 Å². The maximum absolute atomic E-state index is 14.3. The van der Waals surface area contributed by atoms with Crippen molar-refractivity contribution in [3.05, 3.63) is 83.8 Å². The highest BCUT2D eigenvalue weighted by molar-refractivity contribution is 5.52. The highest BCUT2D eigenvalue weighted by Crippen LogP contribution is 2.32. The molecule has 1 aliphatic rings. The largest absolute Gasteiger partial charge is 0.392 e. The Kier molecular flexibility index (Phi) is 5.16. The van der Waals surface area contributed by atoms with Crippen molar-refractivity contribution >= 4 is 11.5 Å². The Hall–Kier alpha value is -3.06. The van der Waals surface area contributed by atoms with E-state index in [1.807, 2.05) is 29.2 Å². The average Bonchev–Trinajstić information content (AvgIpc) is 2.74. The molecule has 0 bridgehead atoms. The molecule has 0 aliphatic carbocycles. The molecule has 144 valence electrons. The van der Waals surface area contributed by atoms with Gasteiger partial charge in [-0.05, 0) is 23.3 Å². The number of piperazine rings is 1. The van der Waals surface area contributed by atoms with E-state index in [9.17, 15) is 13.9 Å². The van der Waals surface area contributed by atoms with Crippen molar-refractivity contribution in [1.82, 2.24) is 9.97 Å². The van der Waals surface area contributed by atoms with Crippen LogP contribution in [0, 0.1) is 11.6 Å². The van der Waals surface area contributed by atoms with E-state index in [1.54, 1.807) is 18.6 Å². The number of aliphatic hydroxyl groups is 1. The molecule has 3 aromatic rings. The SMILES string of the molecule is OCc1ccc(C2CN(c3ccc(F)cc3F)CCN2c2cnccn2)cc1. The zero-order valence-electron chi connectivity index (χ0n) is 15.2. The lowest BCUT2D eigenvalue weighted by Gasteiger charge is -2.43. The van der Waals surface area contributed by atoms with E-state index >= 15 is 0 Å². The first-order valence-electron chi connectivity index (χ1n) is 9.08. The fourth-order valence-corrected chi connectivity index (χ4v) is 3.58. The Labute approximate surface area is 161 Å². The zero-order valence-corrected chi connectivity index (χ0v) is 15.2. The number of hydrogen-bond donors (Lipinski definition) is 1. The van der Waals surface area contributed by atoms with Crippen LogP contribution in [-0.2, 0) is 6.61 Å². The van der Waals surface area contributed by atoms with E-state index in [0.29, 0.717) is 25.3 Å². The summed E-state index contributed by atoms with van der Waals surface area (Å²) in [6, 6.07) is 11.3. The second kappa shape index (κ2) is 7.90. The summed E-state index contributed by atoms with van der Waals surface area (Å²) in [6.07, 6.45) is 4.98. The molecule has 1 unspecified atom stereocenters. The summed E-state index contributed by atoms with van der Waals surface area (Å²) in [5.41, 5.74) is 2.24. The minimum Gasteiger partial charge on any atom is -0.392 e. The fourth-order valence-electron chi connectivity index (χ4n) is 3.58. The van der Waals surface area contributed by atoms with Crippen LogP contribution in [-0.4, -0.2) is 34.7 Å². The van der Waals surface area contributed by atoms with Gasteiger partial charge in [0, 0.05) is 38.1 Å². The molecule has 28 heavy (non-hydrogen) atoms. The molecule has 1 N–H and O–H groups in total. The van der Waals surface area contributed by atoms with Crippen LogP contribution in [0.15, 0.2) is 61.1 Å². The number of aromatic nitrogens is 2. The van der Waals surface area contributed by atoms with Crippen LogP contribution in [0.4, 0.5) is 20.3 Å². The average molecular weight is 382 g/mol. The van der Waals surface area contributed by atoms with Crippen molar-refractivity contribution < 1.29 is 13.9 Å². The molecule has 0 radical (unpaired) electrons. The molecule has 5 nitrogen and oxygen atoms in total. The summed E-state index contributed by atoms with van der Waals surface area (Å²) in [5.74, 6) is -0.407. The predicted molar refractivity (Wildman–Crippen MR) is 103 cm³/mol. The number of aliphatic hydroxyl groups excluding tert-OH is 1. The molecule has 0 spiro atoms. The molecule has 2 heterocycles. The van der Waals surface area contributed by atoms with Crippen LogP contribution in [0.3, 0.4) is 0 Å². The Morgan fingerprint density at radius 2 is 1.86 bits per heavy atom. The van der Waals surface area contributed by atoms with Crippen LogP contribution in [0.1, 0.15) is 17.2 Å². The van der Waals surface area contributed by atoms with Crippen molar-refractivity contribution in [2.75, 3.05) is 29.4 Å². The van der Waals surface area contributed by atoms with Crippen molar-refractivity contribution in [3.8, 4) is 0 Å². The highest BCUT2D eigenvalue weighted by Gasteiger charge is 2.30. The van der Waals surface area contributed by atoms with Crippen molar-refractivity contribution in [1.29, 1.82) is 0 Å². The standard InChI is InChI=1S/C21H20F2N4O/c22-17-5-6-19(18(23)11-17)26-9-10-27(21-12-24-7-8-25-21)20(13-26)16-3-1-15(14-28)2-4-16/h1-8,11-12,20,28H,9-10,13-14H2. The minimum absolute atomic E-state index is 0.0221. The van der Waals surface area contributed by atoms with Gasteiger partial charge in [0.2, 0.25) is 0 Å². The molecule has 2 aromatic carbocycles. The summed E-state index contributed by atoms with van der Waals surface area (Å²) in [5, 5.41) is 9.30. The van der Waals surface area contributed by atoms with Gasteiger partial charge in [0.25, 0.3) is 0 Å². The van der Waals surface area contributed by atoms with E-state index in [0.717, 1.165) is 23.0 Å². The lowest BCUT2D eigenvalue weighted by Crippen LogP contribution is -2.49. The Morgan fingerprint density at radius 1 is 1.04 bits per heavy atom. The first kappa shape index (κ1) is 18.3. The van der Waals surface area contributed by atoms with Crippen molar-refractivity contribution in [3.63, 3.8) is 0 Å². The smallest absolute Gasteiger partial charge is 0.149 e. The number of benzene rings is 2. The van der Waals surface area contributed by atoms with Gasteiger partial charge in [-0.3, -0.25) is 4.98 Å². The molecule has 1 fully saturated rings. The molecule has 0 saturated carbocycles. The van der Waals surface area contributed by atoms with Crippen molar-refractivity contribution in [2.45, 2.75) is 12.6 Å². The summed E-state index contributed by atoms with van der Waals surface area (Å²) < 4.78 is 27.6. The number of rotatable bonds is 4. The molecular weight excluding hydrogens is 362 g/mol. The van der Waals surface area contributed by atoms with Crippen molar-refractivity contribution in [2.24, 2.45) is 0 Å². The number of halogens is 2. The second-order valence-corrected chi connectivity index (χ2v) is 6.71. The lowest BCUT2D eigenvalue weighted by atomic mass is 10.00. The van der Waals surface area contributed by atoms with Crippen LogP contribution >= 0.6 is 0 Å². The van der Waals surface area contributed by atoms with E-state index in [-0.39, 0.29) is 12.6 Å².